The number of nitrogens with zero attached hydrogens (tertiary/aromatic N) is 2. The molecule has 0 aromatic heterocycles. The average molecular weight is 393 g/mol. The van der Waals surface area contributed by atoms with Crippen LogP contribution in [0, 0.1) is 0 Å². The van der Waals surface area contributed by atoms with E-state index in [-0.39, 0.29) is 24.7 Å². The summed E-state index contributed by atoms with van der Waals surface area (Å²) in [7, 11) is 0. The molecule has 0 aliphatic heterocycles. The van der Waals surface area contributed by atoms with E-state index in [1.807, 2.05) is 74.5 Å². The van der Waals surface area contributed by atoms with E-state index in [1.54, 1.807) is 0 Å². The third-order valence-electron chi connectivity index (χ3n) is 4.32. The molecule has 2 aromatic carbocycles. The van der Waals surface area contributed by atoms with Gasteiger partial charge in [0.25, 0.3) is 0 Å². The van der Waals surface area contributed by atoms with Gasteiger partial charge >= 0.3 is 0 Å². The maximum absolute atomic E-state index is 12.0. The number of rotatable bonds is 10. The molecule has 0 saturated carbocycles. The van der Waals surface area contributed by atoms with Crippen LogP contribution < -0.4 is 10.9 Å². The lowest BCUT2D eigenvalue weighted by atomic mass is 10.1. The molecule has 0 aliphatic carbocycles. The Balaban J connectivity index is 1.76. The summed E-state index contributed by atoms with van der Waals surface area (Å²) in [5, 5.41) is 8.42. The van der Waals surface area contributed by atoms with Crippen molar-refractivity contribution in [3.05, 3.63) is 71.8 Å². The molecular weight excluding hydrogens is 364 g/mol. The third kappa shape index (κ3) is 7.70. The Kier molecular flexibility index (Phi) is 9.29. The van der Waals surface area contributed by atoms with E-state index in [0.717, 1.165) is 22.6 Å². The number of hydrazone groups is 2. The smallest absolute Gasteiger partial charge is 0.240 e. The van der Waals surface area contributed by atoms with Gasteiger partial charge in [-0.2, -0.15) is 10.2 Å². The van der Waals surface area contributed by atoms with Gasteiger partial charge in [0, 0.05) is 12.8 Å². The fourth-order valence-corrected chi connectivity index (χ4v) is 2.74. The van der Waals surface area contributed by atoms with Gasteiger partial charge in [-0.1, -0.05) is 74.5 Å². The topological polar surface area (TPSA) is 82.9 Å². The first-order valence-electron chi connectivity index (χ1n) is 9.95. The Morgan fingerprint density at radius 1 is 0.690 bits per heavy atom. The average Bonchev–Trinajstić information content (AvgIpc) is 2.76. The van der Waals surface area contributed by atoms with Crippen LogP contribution in [0.2, 0.25) is 0 Å². The fourth-order valence-electron chi connectivity index (χ4n) is 2.74. The van der Waals surface area contributed by atoms with E-state index in [9.17, 15) is 9.59 Å². The Bertz CT molecular complexity index is 774. The monoisotopic (exact) mass is 392 g/mol. The fraction of sp³-hybridized carbons (Fsp3) is 0.304. The molecule has 29 heavy (non-hydrogen) atoms. The molecule has 152 valence electrons. The molecule has 0 spiro atoms. The van der Waals surface area contributed by atoms with Crippen molar-refractivity contribution < 1.29 is 9.59 Å². The molecule has 6 heteroatoms. The minimum Gasteiger partial charge on any atom is -0.273 e. The second kappa shape index (κ2) is 12.2. The first kappa shape index (κ1) is 22.0. The van der Waals surface area contributed by atoms with E-state index in [4.69, 9.17) is 0 Å². The Hall–Kier alpha value is -3.28. The summed E-state index contributed by atoms with van der Waals surface area (Å²) < 4.78 is 0. The van der Waals surface area contributed by atoms with Crippen molar-refractivity contribution in [3.63, 3.8) is 0 Å². The van der Waals surface area contributed by atoms with Gasteiger partial charge in [-0.15, -0.1) is 0 Å². The van der Waals surface area contributed by atoms with Crippen LogP contribution in [0.1, 0.15) is 57.1 Å². The molecule has 0 fully saturated rings. The molecule has 0 radical (unpaired) electrons. The lowest BCUT2D eigenvalue weighted by molar-refractivity contribution is -0.122. The predicted octanol–water partition coefficient (Wildman–Crippen LogP) is 4.02. The number of carbonyl (C=O) groups is 2. The standard InChI is InChI=1S/C23H28N4O2/c1-3-20(18-12-7-5-8-13-18)24-26-22(28)16-11-17-23(29)27-25-21(4-2)19-14-9-6-10-15-19/h5-10,12-15H,3-4,11,16-17H2,1-2H3,(H,26,28)(H,27,29)/b24-20+,25-21+. The van der Waals surface area contributed by atoms with Gasteiger partial charge in [0.05, 0.1) is 11.4 Å². The molecule has 2 N–H and O–H groups in total. The maximum Gasteiger partial charge on any atom is 0.240 e. The zero-order valence-electron chi connectivity index (χ0n) is 17.0. The Morgan fingerprint density at radius 3 is 1.41 bits per heavy atom. The van der Waals surface area contributed by atoms with E-state index in [0.29, 0.717) is 19.3 Å². The highest BCUT2D eigenvalue weighted by molar-refractivity contribution is 6.01. The highest BCUT2D eigenvalue weighted by Crippen LogP contribution is 2.05. The van der Waals surface area contributed by atoms with Gasteiger partial charge in [-0.25, -0.2) is 10.9 Å². The van der Waals surface area contributed by atoms with Crippen LogP contribution in [0.25, 0.3) is 0 Å². The highest BCUT2D eigenvalue weighted by atomic mass is 16.2. The molecular formula is C23H28N4O2. The third-order valence-corrected chi connectivity index (χ3v) is 4.32. The molecule has 0 aliphatic rings. The summed E-state index contributed by atoms with van der Waals surface area (Å²) in [6, 6.07) is 19.5. The van der Waals surface area contributed by atoms with Crippen molar-refractivity contribution in [2.45, 2.75) is 46.0 Å². The first-order valence-corrected chi connectivity index (χ1v) is 9.95. The van der Waals surface area contributed by atoms with E-state index >= 15 is 0 Å². The van der Waals surface area contributed by atoms with Crippen LogP contribution in [0.4, 0.5) is 0 Å². The number of carbonyl (C=O) groups excluding carboxylic acids is 2. The molecule has 0 heterocycles. The normalized spacial score (nSPS) is 11.8. The van der Waals surface area contributed by atoms with E-state index < -0.39 is 0 Å². The lowest BCUT2D eigenvalue weighted by Crippen LogP contribution is -2.22. The SMILES string of the molecule is CC/C(=N\NC(=O)CCCC(=O)N/N=C(\CC)c1ccccc1)c1ccccc1. The Labute approximate surface area is 172 Å². The second-order valence-electron chi connectivity index (χ2n) is 6.48. The molecule has 6 nitrogen and oxygen atoms in total. The van der Waals surface area contributed by atoms with Crippen LogP contribution in [0.5, 0.6) is 0 Å². The van der Waals surface area contributed by atoms with Crippen molar-refractivity contribution in [3.8, 4) is 0 Å². The first-order chi connectivity index (χ1) is 14.1. The van der Waals surface area contributed by atoms with E-state index in [2.05, 4.69) is 21.1 Å². The minimum absolute atomic E-state index is 0.207. The van der Waals surface area contributed by atoms with Gasteiger partial charge in [0.15, 0.2) is 0 Å². The van der Waals surface area contributed by atoms with Crippen LogP contribution in [0.15, 0.2) is 70.9 Å². The summed E-state index contributed by atoms with van der Waals surface area (Å²) >= 11 is 0. The molecule has 0 bridgehead atoms. The number of nitrogens with one attached hydrogen (secondary N) is 2. The van der Waals surface area contributed by atoms with E-state index in [1.165, 1.54) is 0 Å². The second-order valence-corrected chi connectivity index (χ2v) is 6.48. The van der Waals surface area contributed by atoms with Crippen molar-refractivity contribution in [2.24, 2.45) is 10.2 Å². The largest absolute Gasteiger partial charge is 0.273 e. The summed E-state index contributed by atoms with van der Waals surface area (Å²) in [5.41, 5.74) is 8.76. The number of hydrogen-bond acceptors (Lipinski definition) is 4. The summed E-state index contributed by atoms with van der Waals surface area (Å²) in [5.74, 6) is -0.413. The van der Waals surface area contributed by atoms with Crippen LogP contribution in [-0.2, 0) is 9.59 Å². The molecule has 0 unspecified atom stereocenters. The van der Waals surface area contributed by atoms with Crippen LogP contribution in [-0.4, -0.2) is 23.2 Å². The lowest BCUT2D eigenvalue weighted by Gasteiger charge is -2.06. The van der Waals surface area contributed by atoms with Crippen molar-refractivity contribution in [1.82, 2.24) is 10.9 Å². The number of benzene rings is 2. The van der Waals surface area contributed by atoms with Crippen LogP contribution in [0.3, 0.4) is 0 Å². The molecule has 2 amide bonds. The Morgan fingerprint density at radius 2 is 1.07 bits per heavy atom. The van der Waals surface area contributed by atoms with Gasteiger partial charge < -0.3 is 0 Å². The molecule has 0 saturated heterocycles. The maximum atomic E-state index is 12.0. The molecule has 2 aromatic rings. The zero-order valence-corrected chi connectivity index (χ0v) is 17.0. The van der Waals surface area contributed by atoms with Crippen molar-refractivity contribution in [1.29, 1.82) is 0 Å². The predicted molar refractivity (Wildman–Crippen MR) is 117 cm³/mol. The van der Waals surface area contributed by atoms with Gasteiger partial charge in [0.1, 0.15) is 0 Å². The highest BCUT2D eigenvalue weighted by Gasteiger charge is 2.07. The number of amides is 2. The molecule has 2 rings (SSSR count). The quantitative estimate of drug-likeness (QED) is 0.473. The van der Waals surface area contributed by atoms with Crippen molar-refractivity contribution >= 4 is 23.2 Å². The van der Waals surface area contributed by atoms with Gasteiger partial charge in [-0.3, -0.25) is 9.59 Å². The zero-order chi connectivity index (χ0) is 20.9. The summed E-state index contributed by atoms with van der Waals surface area (Å²) in [6.45, 7) is 3.98. The summed E-state index contributed by atoms with van der Waals surface area (Å²) in [4.78, 5) is 24.0. The minimum atomic E-state index is -0.207. The van der Waals surface area contributed by atoms with Gasteiger partial charge in [0.2, 0.25) is 11.8 Å². The van der Waals surface area contributed by atoms with Gasteiger partial charge in [-0.05, 0) is 30.4 Å². The van der Waals surface area contributed by atoms with Crippen LogP contribution >= 0.6 is 0 Å². The molecule has 0 atom stereocenters. The summed E-state index contributed by atoms with van der Waals surface area (Å²) in [6.07, 6.45) is 2.32. The number of hydrogen-bond donors (Lipinski definition) is 2. The van der Waals surface area contributed by atoms with Crippen molar-refractivity contribution in [2.75, 3.05) is 0 Å².